The summed E-state index contributed by atoms with van der Waals surface area (Å²) in [6.45, 7) is 4.61. The van der Waals surface area contributed by atoms with Gasteiger partial charge in [0.2, 0.25) is 0 Å². The topological polar surface area (TPSA) is 76.1 Å². The molecular weight excluding hydrogens is 509 g/mol. The van der Waals surface area contributed by atoms with Crippen molar-refractivity contribution in [1.82, 2.24) is 0 Å². The molecule has 0 radical (unpaired) electrons. The lowest BCUT2D eigenvalue weighted by atomic mass is 9.95. The number of carbonyl (C=O) groups excluding carboxylic acids is 2. The molecule has 1 unspecified atom stereocenters. The van der Waals surface area contributed by atoms with E-state index < -0.39 is 23.5 Å². The highest BCUT2D eigenvalue weighted by Crippen LogP contribution is 2.43. The van der Waals surface area contributed by atoms with Gasteiger partial charge in [0.25, 0.3) is 11.7 Å². The van der Waals surface area contributed by atoms with E-state index in [4.69, 9.17) is 9.47 Å². The molecule has 1 aliphatic heterocycles. The molecule has 4 aromatic rings. The maximum atomic E-state index is 14.2. The van der Waals surface area contributed by atoms with Gasteiger partial charge in [-0.2, -0.15) is 0 Å². The zero-order valence-corrected chi connectivity index (χ0v) is 22.1. The van der Waals surface area contributed by atoms with E-state index in [0.717, 1.165) is 0 Å². The summed E-state index contributed by atoms with van der Waals surface area (Å²) in [5.74, 6) is -0.604. The fraction of sp³-hybridized carbons (Fsp3) is 0.152. The van der Waals surface area contributed by atoms with E-state index in [1.165, 1.54) is 23.1 Å². The van der Waals surface area contributed by atoms with Crippen molar-refractivity contribution in [3.05, 3.63) is 126 Å². The summed E-state index contributed by atoms with van der Waals surface area (Å²) in [5.41, 5.74) is 0.936. The molecule has 5 rings (SSSR count). The summed E-state index contributed by atoms with van der Waals surface area (Å²) >= 11 is 0. The van der Waals surface area contributed by atoms with Crippen molar-refractivity contribution in [2.24, 2.45) is 5.92 Å². The summed E-state index contributed by atoms with van der Waals surface area (Å²) < 4.78 is 25.9. The average Bonchev–Trinajstić information content (AvgIpc) is 3.22. The van der Waals surface area contributed by atoms with Crippen LogP contribution in [0, 0.1) is 11.7 Å². The highest BCUT2D eigenvalue weighted by Gasteiger charge is 2.47. The number of nitrogens with zero attached hydrogens (tertiary/aromatic N) is 1. The Morgan fingerprint density at radius 1 is 0.850 bits per heavy atom. The molecule has 1 aliphatic rings. The Kier molecular flexibility index (Phi) is 7.64. The second-order valence-corrected chi connectivity index (χ2v) is 9.87. The van der Waals surface area contributed by atoms with Crippen molar-refractivity contribution in [1.29, 1.82) is 0 Å². The summed E-state index contributed by atoms with van der Waals surface area (Å²) in [6, 6.07) is 27.2. The summed E-state index contributed by atoms with van der Waals surface area (Å²) in [6.07, 6.45) is 0. The number of aliphatic hydroxyl groups excluding tert-OH is 1. The first-order chi connectivity index (χ1) is 19.3. The van der Waals surface area contributed by atoms with E-state index in [-0.39, 0.29) is 17.0 Å². The van der Waals surface area contributed by atoms with Gasteiger partial charge in [-0.1, -0.05) is 50.2 Å². The van der Waals surface area contributed by atoms with Gasteiger partial charge >= 0.3 is 0 Å². The number of hydrogen-bond acceptors (Lipinski definition) is 5. The van der Waals surface area contributed by atoms with Crippen molar-refractivity contribution in [3.63, 3.8) is 0 Å². The summed E-state index contributed by atoms with van der Waals surface area (Å²) in [4.78, 5) is 28.0. The molecule has 1 amide bonds. The Morgan fingerprint density at radius 3 is 2.25 bits per heavy atom. The van der Waals surface area contributed by atoms with Gasteiger partial charge in [0.1, 0.15) is 28.8 Å². The third kappa shape index (κ3) is 5.59. The van der Waals surface area contributed by atoms with Crippen LogP contribution >= 0.6 is 0 Å². The number of ether oxygens (including phenoxy) is 2. The Bertz CT molecular complexity index is 1560. The lowest BCUT2D eigenvalue weighted by molar-refractivity contribution is -0.132. The van der Waals surface area contributed by atoms with Gasteiger partial charge in [-0.25, -0.2) is 4.39 Å². The van der Waals surface area contributed by atoms with Gasteiger partial charge in [0.05, 0.1) is 18.2 Å². The molecule has 4 aromatic carbocycles. The minimum Gasteiger partial charge on any atom is -0.507 e. The Balaban J connectivity index is 1.60. The van der Waals surface area contributed by atoms with Crippen LogP contribution in [0.2, 0.25) is 0 Å². The van der Waals surface area contributed by atoms with Crippen molar-refractivity contribution >= 4 is 23.1 Å². The van der Waals surface area contributed by atoms with E-state index in [9.17, 15) is 19.1 Å². The molecule has 0 bridgehead atoms. The van der Waals surface area contributed by atoms with Gasteiger partial charge in [0.15, 0.2) is 0 Å². The molecule has 1 N–H and O–H groups in total. The van der Waals surface area contributed by atoms with Crippen LogP contribution in [-0.2, 0) is 9.59 Å². The fourth-order valence-corrected chi connectivity index (χ4v) is 4.54. The van der Waals surface area contributed by atoms with Crippen LogP contribution in [0.3, 0.4) is 0 Å². The molecule has 0 saturated carbocycles. The van der Waals surface area contributed by atoms with Crippen LogP contribution in [-0.4, -0.2) is 23.4 Å². The number of halogens is 1. The third-order valence-electron chi connectivity index (χ3n) is 6.39. The first kappa shape index (κ1) is 26.7. The smallest absolute Gasteiger partial charge is 0.300 e. The molecule has 1 heterocycles. The molecule has 202 valence electrons. The molecule has 0 aliphatic carbocycles. The SMILES string of the molecule is CC(C)COc1ccc(/C(O)=C2\C(=O)C(=O)N(c3cccc(F)c3)C2c2cccc(Oc3ccccc3)c2)cc1. The Labute approximate surface area is 231 Å². The van der Waals surface area contributed by atoms with Crippen LogP contribution in [0.4, 0.5) is 10.1 Å². The van der Waals surface area contributed by atoms with Crippen molar-refractivity contribution in [2.45, 2.75) is 19.9 Å². The van der Waals surface area contributed by atoms with E-state index in [2.05, 4.69) is 0 Å². The van der Waals surface area contributed by atoms with Crippen molar-refractivity contribution < 1.29 is 28.6 Å². The van der Waals surface area contributed by atoms with E-state index in [0.29, 0.717) is 40.9 Å². The number of ketones is 1. The van der Waals surface area contributed by atoms with Gasteiger partial charge in [-0.05, 0) is 78.2 Å². The summed E-state index contributed by atoms with van der Waals surface area (Å²) in [7, 11) is 0. The molecule has 6 nitrogen and oxygen atoms in total. The van der Waals surface area contributed by atoms with Crippen LogP contribution in [0.25, 0.3) is 5.76 Å². The normalized spacial score (nSPS) is 16.4. The predicted octanol–water partition coefficient (Wildman–Crippen LogP) is 7.28. The largest absolute Gasteiger partial charge is 0.507 e. The number of rotatable bonds is 8. The fourth-order valence-electron chi connectivity index (χ4n) is 4.54. The molecule has 40 heavy (non-hydrogen) atoms. The van der Waals surface area contributed by atoms with Gasteiger partial charge < -0.3 is 14.6 Å². The lowest BCUT2D eigenvalue weighted by Gasteiger charge is -2.26. The van der Waals surface area contributed by atoms with Crippen LogP contribution in [0.1, 0.15) is 31.0 Å². The van der Waals surface area contributed by atoms with Gasteiger partial charge in [-0.3, -0.25) is 14.5 Å². The quantitative estimate of drug-likeness (QED) is 0.145. The zero-order chi connectivity index (χ0) is 28.2. The minimum absolute atomic E-state index is 0.109. The highest BCUT2D eigenvalue weighted by molar-refractivity contribution is 6.51. The number of para-hydroxylation sites is 1. The zero-order valence-electron chi connectivity index (χ0n) is 22.1. The van der Waals surface area contributed by atoms with Crippen LogP contribution in [0.15, 0.2) is 109 Å². The monoisotopic (exact) mass is 537 g/mol. The second kappa shape index (κ2) is 11.5. The Morgan fingerprint density at radius 2 is 1.55 bits per heavy atom. The van der Waals surface area contributed by atoms with Gasteiger partial charge in [0, 0.05) is 11.3 Å². The molecule has 1 atom stereocenters. The predicted molar refractivity (Wildman–Crippen MR) is 151 cm³/mol. The second-order valence-electron chi connectivity index (χ2n) is 9.87. The number of amides is 1. The Hall–Kier alpha value is -4.91. The standard InChI is InChI=1S/C33H28FNO5/c1-21(2)20-39-26-16-14-22(15-17-26)31(36)29-30(35(33(38)32(29)37)25-10-7-9-24(34)19-25)23-8-6-13-28(18-23)40-27-11-4-3-5-12-27/h3-19,21,30,36H,20H2,1-2H3/b31-29+. The van der Waals surface area contributed by atoms with E-state index >= 15 is 0 Å². The first-order valence-corrected chi connectivity index (χ1v) is 12.9. The molecule has 7 heteroatoms. The van der Waals surface area contributed by atoms with Gasteiger partial charge in [-0.15, -0.1) is 0 Å². The third-order valence-corrected chi connectivity index (χ3v) is 6.39. The number of Topliss-reactive ketones (excluding diaryl/α,β-unsaturated/α-hetero) is 1. The van der Waals surface area contributed by atoms with Crippen molar-refractivity contribution in [3.8, 4) is 17.2 Å². The molecule has 1 saturated heterocycles. The number of hydrogen-bond donors (Lipinski definition) is 1. The molecule has 1 fully saturated rings. The number of benzene rings is 4. The lowest BCUT2D eigenvalue weighted by Crippen LogP contribution is -2.29. The maximum Gasteiger partial charge on any atom is 0.300 e. The maximum absolute atomic E-state index is 14.2. The van der Waals surface area contributed by atoms with Crippen LogP contribution < -0.4 is 14.4 Å². The number of carbonyl (C=O) groups is 2. The average molecular weight is 538 g/mol. The molecular formula is C33H28FNO5. The number of aliphatic hydroxyl groups is 1. The van der Waals surface area contributed by atoms with Crippen molar-refractivity contribution in [2.75, 3.05) is 11.5 Å². The number of anilines is 1. The minimum atomic E-state index is -1.03. The van der Waals surface area contributed by atoms with E-state index in [1.54, 1.807) is 66.7 Å². The van der Waals surface area contributed by atoms with Crippen LogP contribution in [0.5, 0.6) is 17.2 Å². The summed E-state index contributed by atoms with van der Waals surface area (Å²) in [5, 5.41) is 11.4. The first-order valence-electron chi connectivity index (χ1n) is 12.9. The molecule has 0 aromatic heterocycles. The molecule has 0 spiro atoms. The highest BCUT2D eigenvalue weighted by atomic mass is 19.1. The van der Waals surface area contributed by atoms with E-state index in [1.807, 2.05) is 32.0 Å².